The summed E-state index contributed by atoms with van der Waals surface area (Å²) >= 11 is 11.8. The maximum atomic E-state index is 12.1. The van der Waals surface area contributed by atoms with Crippen LogP contribution in [0.2, 0.25) is 10.0 Å². The van der Waals surface area contributed by atoms with Crippen molar-refractivity contribution in [1.82, 2.24) is 0 Å². The van der Waals surface area contributed by atoms with E-state index in [1.165, 1.54) is 18.2 Å². The van der Waals surface area contributed by atoms with E-state index >= 15 is 0 Å². The number of rotatable bonds is 4. The van der Waals surface area contributed by atoms with Gasteiger partial charge in [-0.2, -0.15) is 10.5 Å². The SMILES string of the molecule is COC(=O)/C=C(\C(=O)OC)C(=C(C#N)C#N)c1ccc(Cl)c(Cl)c1. The number of esters is 2. The van der Waals surface area contributed by atoms with E-state index in [1.807, 2.05) is 0 Å². The van der Waals surface area contributed by atoms with Crippen LogP contribution < -0.4 is 0 Å². The third-order valence-electron chi connectivity index (χ3n) is 2.82. The summed E-state index contributed by atoms with van der Waals surface area (Å²) in [6, 6.07) is 7.60. The summed E-state index contributed by atoms with van der Waals surface area (Å²) in [4.78, 5) is 23.6. The van der Waals surface area contributed by atoms with Crippen molar-refractivity contribution < 1.29 is 19.1 Å². The second-order valence-corrected chi connectivity index (χ2v) is 4.99. The molecule has 0 amide bonds. The van der Waals surface area contributed by atoms with Crippen LogP contribution in [-0.4, -0.2) is 26.2 Å². The second kappa shape index (κ2) is 8.73. The van der Waals surface area contributed by atoms with Crippen LogP contribution in [0.4, 0.5) is 0 Å². The van der Waals surface area contributed by atoms with Crippen molar-refractivity contribution in [2.45, 2.75) is 0 Å². The zero-order chi connectivity index (χ0) is 18.3. The molecule has 0 saturated carbocycles. The van der Waals surface area contributed by atoms with Gasteiger partial charge in [0.15, 0.2) is 0 Å². The van der Waals surface area contributed by atoms with Gasteiger partial charge in [-0.3, -0.25) is 0 Å². The Kier molecular flexibility index (Phi) is 7.00. The zero-order valence-corrected chi connectivity index (χ0v) is 14.1. The van der Waals surface area contributed by atoms with Crippen LogP contribution in [-0.2, 0) is 19.1 Å². The summed E-state index contributed by atoms with van der Waals surface area (Å²) in [7, 11) is 2.21. The number of ether oxygens (including phenoxy) is 2. The standard InChI is InChI=1S/C16H10Cl2N2O4/c1-23-14(21)6-11(16(22)24-2)15(10(7-19)8-20)9-3-4-12(17)13(18)5-9/h3-6H,1-2H3/b11-6-. The van der Waals surface area contributed by atoms with Gasteiger partial charge in [-0.05, 0) is 17.7 Å². The van der Waals surface area contributed by atoms with Crippen LogP contribution in [0.25, 0.3) is 5.57 Å². The number of carbonyl (C=O) groups excluding carboxylic acids is 2. The summed E-state index contributed by atoms with van der Waals surface area (Å²) in [6.07, 6.45) is 0.832. The van der Waals surface area contributed by atoms with E-state index in [0.717, 1.165) is 20.3 Å². The van der Waals surface area contributed by atoms with E-state index < -0.39 is 17.5 Å². The van der Waals surface area contributed by atoms with E-state index in [9.17, 15) is 20.1 Å². The highest BCUT2D eigenvalue weighted by atomic mass is 35.5. The molecule has 1 rings (SSSR count). The molecule has 0 bridgehead atoms. The molecule has 0 aliphatic heterocycles. The Labute approximate surface area is 148 Å². The van der Waals surface area contributed by atoms with Crippen molar-refractivity contribution in [2.75, 3.05) is 14.2 Å². The highest BCUT2D eigenvalue weighted by molar-refractivity contribution is 6.42. The second-order valence-electron chi connectivity index (χ2n) is 4.18. The van der Waals surface area contributed by atoms with Gasteiger partial charge in [-0.1, -0.05) is 29.3 Å². The highest BCUT2D eigenvalue weighted by Crippen LogP contribution is 2.32. The third-order valence-corrected chi connectivity index (χ3v) is 3.56. The molecule has 0 saturated heterocycles. The molecule has 8 heteroatoms. The average Bonchev–Trinajstić information content (AvgIpc) is 2.59. The molecule has 0 N–H and O–H groups in total. The lowest BCUT2D eigenvalue weighted by atomic mass is 9.93. The number of hydrogen-bond donors (Lipinski definition) is 0. The van der Waals surface area contributed by atoms with E-state index in [4.69, 9.17) is 23.2 Å². The molecular formula is C16H10Cl2N2O4. The molecule has 0 heterocycles. The number of hydrogen-bond acceptors (Lipinski definition) is 6. The summed E-state index contributed by atoms with van der Waals surface area (Å²) in [5.41, 5.74) is -0.603. The summed E-state index contributed by atoms with van der Waals surface area (Å²) in [6.45, 7) is 0. The summed E-state index contributed by atoms with van der Waals surface area (Å²) < 4.78 is 9.12. The molecule has 0 aliphatic carbocycles. The number of halogens is 2. The lowest BCUT2D eigenvalue weighted by molar-refractivity contribution is -0.138. The first-order chi connectivity index (χ1) is 11.4. The van der Waals surface area contributed by atoms with Gasteiger partial charge in [-0.15, -0.1) is 0 Å². The molecule has 0 radical (unpaired) electrons. The van der Waals surface area contributed by atoms with Gasteiger partial charge in [0.1, 0.15) is 17.7 Å². The maximum absolute atomic E-state index is 12.1. The predicted molar refractivity (Wildman–Crippen MR) is 86.7 cm³/mol. The zero-order valence-electron chi connectivity index (χ0n) is 12.6. The molecule has 0 aliphatic rings. The number of nitrogens with zero attached hydrogens (tertiary/aromatic N) is 2. The summed E-state index contributed by atoms with van der Waals surface area (Å²) in [5, 5.41) is 18.8. The number of nitriles is 2. The molecule has 122 valence electrons. The molecule has 0 spiro atoms. The Hall–Kier alpha value is -2.80. The van der Waals surface area contributed by atoms with Crippen molar-refractivity contribution in [2.24, 2.45) is 0 Å². The van der Waals surface area contributed by atoms with Crippen LogP contribution in [0, 0.1) is 22.7 Å². The molecule has 0 atom stereocenters. The lowest BCUT2D eigenvalue weighted by Gasteiger charge is -2.12. The number of benzene rings is 1. The Morgan fingerprint density at radius 3 is 2.17 bits per heavy atom. The Bertz CT molecular complexity index is 813. The maximum Gasteiger partial charge on any atom is 0.338 e. The number of allylic oxidation sites excluding steroid dienone is 1. The highest BCUT2D eigenvalue weighted by Gasteiger charge is 2.23. The quantitative estimate of drug-likeness (QED) is 0.352. The fraction of sp³-hybridized carbons (Fsp3) is 0.125. The van der Waals surface area contributed by atoms with Crippen molar-refractivity contribution in [3.63, 3.8) is 0 Å². The van der Waals surface area contributed by atoms with Crippen molar-refractivity contribution in [3.8, 4) is 12.1 Å². The average molecular weight is 365 g/mol. The van der Waals surface area contributed by atoms with Crippen LogP contribution in [0.1, 0.15) is 5.56 Å². The molecule has 1 aromatic rings. The fourth-order valence-corrected chi connectivity index (χ4v) is 2.04. The number of methoxy groups -OCH3 is 2. The van der Waals surface area contributed by atoms with Gasteiger partial charge >= 0.3 is 11.9 Å². The Morgan fingerprint density at radius 2 is 1.71 bits per heavy atom. The van der Waals surface area contributed by atoms with Crippen LogP contribution in [0.3, 0.4) is 0 Å². The van der Waals surface area contributed by atoms with E-state index in [1.54, 1.807) is 12.1 Å². The van der Waals surface area contributed by atoms with Gasteiger partial charge in [0.25, 0.3) is 0 Å². The fourth-order valence-electron chi connectivity index (χ4n) is 1.74. The van der Waals surface area contributed by atoms with Gasteiger partial charge in [0, 0.05) is 11.6 Å². The minimum absolute atomic E-state index is 0.115. The van der Waals surface area contributed by atoms with Crippen LogP contribution >= 0.6 is 23.2 Å². The smallest absolute Gasteiger partial charge is 0.338 e. The normalized spacial score (nSPS) is 10.2. The van der Waals surface area contributed by atoms with Crippen LogP contribution in [0.15, 0.2) is 35.4 Å². The molecule has 24 heavy (non-hydrogen) atoms. The van der Waals surface area contributed by atoms with Crippen molar-refractivity contribution in [1.29, 1.82) is 10.5 Å². The minimum Gasteiger partial charge on any atom is -0.466 e. The minimum atomic E-state index is -0.926. The molecule has 1 aromatic carbocycles. The molecular weight excluding hydrogens is 355 g/mol. The molecule has 6 nitrogen and oxygen atoms in total. The first-order valence-electron chi connectivity index (χ1n) is 6.27. The Balaban J connectivity index is 3.79. The van der Waals surface area contributed by atoms with Gasteiger partial charge < -0.3 is 9.47 Å². The van der Waals surface area contributed by atoms with E-state index in [2.05, 4.69) is 9.47 Å². The van der Waals surface area contributed by atoms with E-state index in [0.29, 0.717) is 0 Å². The third kappa shape index (κ3) is 4.36. The monoisotopic (exact) mass is 364 g/mol. The Morgan fingerprint density at radius 1 is 1.08 bits per heavy atom. The largest absolute Gasteiger partial charge is 0.466 e. The number of carbonyl (C=O) groups is 2. The van der Waals surface area contributed by atoms with E-state index in [-0.39, 0.29) is 26.8 Å². The van der Waals surface area contributed by atoms with Crippen LogP contribution in [0.5, 0.6) is 0 Å². The molecule has 0 unspecified atom stereocenters. The van der Waals surface area contributed by atoms with Gasteiger partial charge in [0.2, 0.25) is 0 Å². The summed E-state index contributed by atoms with van der Waals surface area (Å²) in [5.74, 6) is -1.78. The van der Waals surface area contributed by atoms with Gasteiger partial charge in [-0.25, -0.2) is 9.59 Å². The first kappa shape index (κ1) is 19.2. The molecule has 0 aromatic heterocycles. The van der Waals surface area contributed by atoms with Crippen molar-refractivity contribution in [3.05, 3.63) is 51.0 Å². The van der Waals surface area contributed by atoms with Gasteiger partial charge in [0.05, 0.1) is 29.8 Å². The topological polar surface area (TPSA) is 100 Å². The first-order valence-corrected chi connectivity index (χ1v) is 7.03. The molecule has 0 fully saturated rings. The van der Waals surface area contributed by atoms with Crippen molar-refractivity contribution >= 4 is 40.7 Å². The lowest BCUT2D eigenvalue weighted by Crippen LogP contribution is -2.11. The predicted octanol–water partition coefficient (Wildman–Crippen LogP) is 3.07.